The van der Waals surface area contributed by atoms with Gasteiger partial charge in [0, 0.05) is 27.6 Å². The normalized spacial score (nSPS) is 13.4. The molecule has 0 fully saturated rings. The number of benzene rings is 7. The van der Waals surface area contributed by atoms with Gasteiger partial charge < -0.3 is 9.47 Å². The first-order valence-electron chi connectivity index (χ1n) is 16.4. The van der Waals surface area contributed by atoms with E-state index in [1.165, 1.54) is 66.6 Å². The van der Waals surface area contributed by atoms with Gasteiger partial charge in [-0.2, -0.15) is 0 Å². The Kier molecular flexibility index (Phi) is 6.20. The summed E-state index contributed by atoms with van der Waals surface area (Å²) in [5, 5.41) is 2.53. The number of fused-ring (bicyclic) bond motifs is 5. The third-order valence-corrected chi connectivity index (χ3v) is 9.93. The Balaban J connectivity index is 1.38. The average molecular weight is 603 g/mol. The van der Waals surface area contributed by atoms with Crippen molar-refractivity contribution in [3.05, 3.63) is 181 Å². The molecule has 1 aromatic heterocycles. The lowest BCUT2D eigenvalue weighted by atomic mass is 9.73. The van der Waals surface area contributed by atoms with Gasteiger partial charge in [-0.15, -0.1) is 0 Å². The SMILES string of the molecule is CC1(C)c2ccccc2N(c2ccccc2)c2cc3c(cc21)c1ccccc1n3-c1cc(-c2ccccc2)cc(-c2ccccc2)c1. The molecule has 0 atom stereocenters. The summed E-state index contributed by atoms with van der Waals surface area (Å²) in [4.78, 5) is 2.45. The van der Waals surface area contributed by atoms with Crippen molar-refractivity contribution >= 4 is 38.9 Å². The summed E-state index contributed by atoms with van der Waals surface area (Å²) in [5.41, 5.74) is 14.5. The number of para-hydroxylation sites is 3. The fourth-order valence-corrected chi connectivity index (χ4v) is 7.63. The maximum Gasteiger partial charge on any atom is 0.0562 e. The summed E-state index contributed by atoms with van der Waals surface area (Å²) in [6, 6.07) is 61.9. The summed E-state index contributed by atoms with van der Waals surface area (Å²) in [6.45, 7) is 4.74. The number of hydrogen-bond acceptors (Lipinski definition) is 1. The molecule has 7 aromatic carbocycles. The van der Waals surface area contributed by atoms with E-state index >= 15 is 0 Å². The fourth-order valence-electron chi connectivity index (χ4n) is 7.63. The molecule has 0 radical (unpaired) electrons. The molecule has 2 nitrogen and oxygen atoms in total. The third kappa shape index (κ3) is 4.33. The van der Waals surface area contributed by atoms with Crippen LogP contribution in [0.5, 0.6) is 0 Å². The molecular formula is C45H34N2. The zero-order valence-corrected chi connectivity index (χ0v) is 26.6. The number of nitrogens with zero attached hydrogens (tertiary/aromatic N) is 2. The Bertz CT molecular complexity index is 2360. The van der Waals surface area contributed by atoms with E-state index in [4.69, 9.17) is 0 Å². The van der Waals surface area contributed by atoms with E-state index < -0.39 is 0 Å². The van der Waals surface area contributed by atoms with Crippen LogP contribution in [0.25, 0.3) is 49.7 Å². The average Bonchev–Trinajstić information content (AvgIpc) is 3.45. The first-order chi connectivity index (χ1) is 23.1. The van der Waals surface area contributed by atoms with Crippen molar-refractivity contribution in [3.8, 4) is 27.9 Å². The third-order valence-electron chi connectivity index (χ3n) is 9.93. The highest BCUT2D eigenvalue weighted by atomic mass is 15.2. The lowest BCUT2D eigenvalue weighted by Gasteiger charge is -2.42. The second-order valence-corrected chi connectivity index (χ2v) is 13.1. The van der Waals surface area contributed by atoms with Crippen molar-refractivity contribution in [2.45, 2.75) is 19.3 Å². The van der Waals surface area contributed by atoms with Gasteiger partial charge >= 0.3 is 0 Å². The second-order valence-electron chi connectivity index (χ2n) is 13.1. The van der Waals surface area contributed by atoms with Crippen LogP contribution >= 0.6 is 0 Å². The zero-order chi connectivity index (χ0) is 31.5. The molecule has 1 aliphatic heterocycles. The quantitative estimate of drug-likeness (QED) is 0.195. The first kappa shape index (κ1) is 27.5. The van der Waals surface area contributed by atoms with Crippen molar-refractivity contribution in [2.24, 2.45) is 0 Å². The van der Waals surface area contributed by atoms with Gasteiger partial charge in [0.1, 0.15) is 0 Å². The maximum atomic E-state index is 2.47. The minimum absolute atomic E-state index is 0.178. The van der Waals surface area contributed by atoms with E-state index in [0.29, 0.717) is 0 Å². The van der Waals surface area contributed by atoms with Crippen LogP contribution in [0.4, 0.5) is 17.1 Å². The van der Waals surface area contributed by atoms with Crippen molar-refractivity contribution in [2.75, 3.05) is 4.90 Å². The smallest absolute Gasteiger partial charge is 0.0562 e. The zero-order valence-electron chi connectivity index (χ0n) is 26.6. The van der Waals surface area contributed by atoms with Crippen LogP contribution in [0.3, 0.4) is 0 Å². The van der Waals surface area contributed by atoms with E-state index in [9.17, 15) is 0 Å². The first-order valence-corrected chi connectivity index (χ1v) is 16.4. The highest BCUT2D eigenvalue weighted by Crippen LogP contribution is 2.53. The predicted octanol–water partition coefficient (Wildman–Crippen LogP) is 12.2. The van der Waals surface area contributed by atoms with Crippen LogP contribution in [0.2, 0.25) is 0 Å². The Labute approximate surface area is 275 Å². The predicted molar refractivity (Wildman–Crippen MR) is 198 cm³/mol. The van der Waals surface area contributed by atoms with E-state index in [1.54, 1.807) is 0 Å². The van der Waals surface area contributed by atoms with Crippen LogP contribution in [0, 0.1) is 0 Å². The Morgan fingerprint density at radius 1 is 0.383 bits per heavy atom. The summed E-state index contributed by atoms with van der Waals surface area (Å²) >= 11 is 0. The van der Waals surface area contributed by atoms with Crippen LogP contribution in [-0.2, 0) is 5.41 Å². The van der Waals surface area contributed by atoms with Gasteiger partial charge in [0.2, 0.25) is 0 Å². The Hall–Kier alpha value is -5.86. The molecular weight excluding hydrogens is 569 g/mol. The topological polar surface area (TPSA) is 8.17 Å². The number of aromatic nitrogens is 1. The number of rotatable bonds is 4. The summed E-state index contributed by atoms with van der Waals surface area (Å²) in [5.74, 6) is 0. The van der Waals surface area contributed by atoms with Gasteiger partial charge in [-0.25, -0.2) is 0 Å². The molecule has 0 saturated carbocycles. The minimum Gasteiger partial charge on any atom is -0.310 e. The maximum absolute atomic E-state index is 2.47. The molecule has 0 N–H and O–H groups in total. The number of hydrogen-bond donors (Lipinski definition) is 0. The van der Waals surface area contributed by atoms with E-state index in [0.717, 1.165) is 11.4 Å². The van der Waals surface area contributed by atoms with E-state index in [-0.39, 0.29) is 5.41 Å². The van der Waals surface area contributed by atoms with Crippen LogP contribution in [-0.4, -0.2) is 4.57 Å². The highest BCUT2D eigenvalue weighted by Gasteiger charge is 2.37. The molecule has 2 heterocycles. The van der Waals surface area contributed by atoms with Crippen LogP contribution < -0.4 is 4.90 Å². The Morgan fingerprint density at radius 2 is 0.957 bits per heavy atom. The molecule has 1 aliphatic rings. The number of anilines is 3. The van der Waals surface area contributed by atoms with Gasteiger partial charge in [0.25, 0.3) is 0 Å². The van der Waals surface area contributed by atoms with Crippen molar-refractivity contribution in [3.63, 3.8) is 0 Å². The molecule has 0 bridgehead atoms. The summed E-state index contributed by atoms with van der Waals surface area (Å²) in [7, 11) is 0. The van der Waals surface area contributed by atoms with Crippen LogP contribution in [0.15, 0.2) is 170 Å². The van der Waals surface area contributed by atoms with Gasteiger partial charge in [-0.1, -0.05) is 129 Å². The molecule has 47 heavy (non-hydrogen) atoms. The van der Waals surface area contributed by atoms with Gasteiger partial charge in [-0.05, 0) is 88.0 Å². The van der Waals surface area contributed by atoms with E-state index in [2.05, 4.69) is 193 Å². The van der Waals surface area contributed by atoms with Gasteiger partial charge in [-0.3, -0.25) is 0 Å². The van der Waals surface area contributed by atoms with Gasteiger partial charge in [0.15, 0.2) is 0 Å². The highest BCUT2D eigenvalue weighted by molar-refractivity contribution is 6.11. The van der Waals surface area contributed by atoms with Gasteiger partial charge in [0.05, 0.1) is 22.4 Å². The molecule has 8 aromatic rings. The standard InChI is InChI=1S/C45H34N2/c1-45(2)39-23-13-15-25-42(39)46(35-20-10-5-11-21-35)44-30-43-38(29-40(44)45)37-22-12-14-24-41(37)47(43)36-27-33(31-16-6-3-7-17-31)26-34(28-36)32-18-8-4-9-19-32/h3-30H,1-2H3. The molecule has 0 amide bonds. The van der Waals surface area contributed by atoms with Crippen molar-refractivity contribution in [1.29, 1.82) is 0 Å². The summed E-state index contributed by atoms with van der Waals surface area (Å²) < 4.78 is 2.47. The summed E-state index contributed by atoms with van der Waals surface area (Å²) in [6.07, 6.45) is 0. The van der Waals surface area contributed by atoms with E-state index in [1.807, 2.05) is 0 Å². The lowest BCUT2D eigenvalue weighted by Crippen LogP contribution is -2.30. The van der Waals surface area contributed by atoms with Crippen molar-refractivity contribution < 1.29 is 0 Å². The molecule has 0 spiro atoms. The fraction of sp³-hybridized carbons (Fsp3) is 0.0667. The monoisotopic (exact) mass is 602 g/mol. The molecule has 0 saturated heterocycles. The largest absolute Gasteiger partial charge is 0.310 e. The Morgan fingerprint density at radius 3 is 1.64 bits per heavy atom. The molecule has 224 valence electrons. The molecule has 2 heteroatoms. The lowest BCUT2D eigenvalue weighted by molar-refractivity contribution is 0.633. The van der Waals surface area contributed by atoms with Crippen LogP contribution in [0.1, 0.15) is 25.0 Å². The second kappa shape index (κ2) is 10.6. The molecule has 9 rings (SSSR count). The minimum atomic E-state index is -0.178. The molecule has 0 unspecified atom stereocenters. The van der Waals surface area contributed by atoms with Crippen molar-refractivity contribution in [1.82, 2.24) is 4.57 Å². The molecule has 0 aliphatic carbocycles.